The first-order valence-electron chi connectivity index (χ1n) is 9.96. The van der Waals surface area contributed by atoms with Gasteiger partial charge in [-0.2, -0.15) is 0 Å². The number of amides is 1. The number of guanidine groups is 1. The highest BCUT2D eigenvalue weighted by Crippen LogP contribution is 2.40. The molecule has 1 fully saturated rings. The van der Waals surface area contributed by atoms with Gasteiger partial charge in [0.25, 0.3) is 5.91 Å². The number of nitrogens with zero attached hydrogens (tertiary/aromatic N) is 1. The molecule has 158 valence electrons. The lowest BCUT2D eigenvalue weighted by molar-refractivity contribution is 0.0963. The Morgan fingerprint density at radius 3 is 2.64 bits per heavy atom. The molecule has 1 saturated carbocycles. The highest BCUT2D eigenvalue weighted by Gasteiger charge is 2.33. The third kappa shape index (κ3) is 7.58. The second kappa shape index (κ2) is 13.0. The molecule has 0 saturated heterocycles. The van der Waals surface area contributed by atoms with Crippen LogP contribution in [0.5, 0.6) is 0 Å². The lowest BCUT2D eigenvalue weighted by Crippen LogP contribution is -2.43. The Kier molecular flexibility index (Phi) is 11.4. The minimum atomic E-state index is -0.0724. The van der Waals surface area contributed by atoms with E-state index in [-0.39, 0.29) is 29.9 Å². The smallest absolute Gasteiger partial charge is 0.251 e. The molecule has 1 aromatic carbocycles. The second-order valence-corrected chi connectivity index (χ2v) is 7.21. The fraction of sp³-hybridized carbons (Fsp3) is 0.619. The monoisotopic (exact) mass is 502 g/mol. The topological polar surface area (TPSA) is 74.8 Å². The molecule has 0 radical (unpaired) electrons. The molecular weight excluding hydrogens is 467 g/mol. The van der Waals surface area contributed by atoms with E-state index in [2.05, 4.69) is 20.9 Å². The van der Waals surface area contributed by atoms with Crippen LogP contribution in [0, 0.1) is 5.41 Å². The summed E-state index contributed by atoms with van der Waals surface area (Å²) < 4.78 is 5.59. The molecule has 0 atom stereocenters. The molecule has 3 N–H and O–H groups in total. The van der Waals surface area contributed by atoms with Crippen molar-refractivity contribution >= 4 is 35.8 Å². The zero-order valence-electron chi connectivity index (χ0n) is 17.3. The molecule has 1 aromatic rings. The Hall–Kier alpha value is -1.35. The fourth-order valence-corrected chi connectivity index (χ4v) is 3.72. The van der Waals surface area contributed by atoms with Crippen molar-refractivity contribution < 1.29 is 9.53 Å². The zero-order chi connectivity index (χ0) is 19.5. The first-order chi connectivity index (χ1) is 13.1. The standard InChI is InChI=1S/C21H34N4O2.HI/c1-4-27-13-12-21(10-5-6-11-21)16-25-20(23-3)24-15-17-8-7-9-18(14-17)19(26)22-2;/h7-9,14H,4-6,10-13,15-16H2,1-3H3,(H,22,26)(H2,23,24,25);1H. The van der Waals surface area contributed by atoms with Gasteiger partial charge in [-0.05, 0) is 49.3 Å². The largest absolute Gasteiger partial charge is 0.382 e. The van der Waals surface area contributed by atoms with Crippen molar-refractivity contribution in [1.29, 1.82) is 0 Å². The van der Waals surface area contributed by atoms with Gasteiger partial charge in [-0.15, -0.1) is 24.0 Å². The van der Waals surface area contributed by atoms with Crippen LogP contribution in [0.4, 0.5) is 0 Å². The van der Waals surface area contributed by atoms with Gasteiger partial charge in [0.05, 0.1) is 0 Å². The molecule has 2 rings (SSSR count). The van der Waals surface area contributed by atoms with E-state index in [1.54, 1.807) is 14.1 Å². The van der Waals surface area contributed by atoms with E-state index in [9.17, 15) is 4.79 Å². The number of benzene rings is 1. The average Bonchev–Trinajstić information content (AvgIpc) is 3.17. The Morgan fingerprint density at radius 1 is 1.25 bits per heavy atom. The Balaban J connectivity index is 0.00000392. The molecule has 1 aliphatic carbocycles. The van der Waals surface area contributed by atoms with Crippen LogP contribution in [0.15, 0.2) is 29.3 Å². The number of hydrogen-bond acceptors (Lipinski definition) is 3. The van der Waals surface area contributed by atoms with E-state index in [1.165, 1.54) is 25.7 Å². The van der Waals surface area contributed by atoms with Gasteiger partial charge in [0.1, 0.15) is 0 Å². The number of nitrogens with one attached hydrogen (secondary N) is 3. The van der Waals surface area contributed by atoms with Gasteiger partial charge in [-0.3, -0.25) is 9.79 Å². The highest BCUT2D eigenvalue weighted by atomic mass is 127. The van der Waals surface area contributed by atoms with Crippen LogP contribution in [0.2, 0.25) is 0 Å². The van der Waals surface area contributed by atoms with E-state index in [4.69, 9.17) is 4.74 Å². The summed E-state index contributed by atoms with van der Waals surface area (Å²) in [6, 6.07) is 7.63. The third-order valence-electron chi connectivity index (χ3n) is 5.38. The maximum absolute atomic E-state index is 11.8. The van der Waals surface area contributed by atoms with Crippen molar-refractivity contribution in [2.45, 2.75) is 45.6 Å². The normalized spacial score (nSPS) is 15.6. The molecule has 0 aliphatic heterocycles. The number of hydrogen-bond donors (Lipinski definition) is 3. The van der Waals surface area contributed by atoms with Crippen molar-refractivity contribution in [2.75, 3.05) is 33.9 Å². The Morgan fingerprint density at radius 2 is 2.00 bits per heavy atom. The fourth-order valence-electron chi connectivity index (χ4n) is 3.72. The first-order valence-corrected chi connectivity index (χ1v) is 9.96. The van der Waals surface area contributed by atoms with Crippen LogP contribution in [0.1, 0.15) is 54.9 Å². The van der Waals surface area contributed by atoms with Crippen molar-refractivity contribution in [2.24, 2.45) is 10.4 Å². The number of ether oxygens (including phenoxy) is 1. The minimum Gasteiger partial charge on any atom is -0.382 e. The SMILES string of the molecule is CCOCCC1(CNC(=NC)NCc2cccc(C(=O)NC)c2)CCCC1.I. The highest BCUT2D eigenvalue weighted by molar-refractivity contribution is 14.0. The summed E-state index contributed by atoms with van der Waals surface area (Å²) in [6.45, 7) is 5.19. The summed E-state index contributed by atoms with van der Waals surface area (Å²) in [6.07, 6.45) is 6.19. The van der Waals surface area contributed by atoms with Gasteiger partial charge >= 0.3 is 0 Å². The third-order valence-corrected chi connectivity index (χ3v) is 5.38. The number of halogens is 1. The molecule has 7 heteroatoms. The number of carbonyl (C=O) groups is 1. The van der Waals surface area contributed by atoms with E-state index in [0.717, 1.165) is 37.7 Å². The maximum atomic E-state index is 11.8. The molecule has 1 amide bonds. The van der Waals surface area contributed by atoms with E-state index in [1.807, 2.05) is 31.2 Å². The summed E-state index contributed by atoms with van der Waals surface area (Å²) in [5.41, 5.74) is 2.03. The van der Waals surface area contributed by atoms with Crippen LogP contribution in [0.25, 0.3) is 0 Å². The Labute approximate surface area is 186 Å². The maximum Gasteiger partial charge on any atom is 0.251 e. The van der Waals surface area contributed by atoms with Gasteiger partial charge in [-0.1, -0.05) is 25.0 Å². The zero-order valence-corrected chi connectivity index (χ0v) is 19.7. The quantitative estimate of drug-likeness (QED) is 0.210. The predicted octanol–water partition coefficient (Wildman–Crippen LogP) is 3.32. The van der Waals surface area contributed by atoms with Crippen LogP contribution < -0.4 is 16.0 Å². The molecule has 0 bridgehead atoms. The lowest BCUT2D eigenvalue weighted by atomic mass is 9.83. The van der Waals surface area contributed by atoms with Crippen LogP contribution in [-0.4, -0.2) is 45.7 Å². The number of carbonyl (C=O) groups excluding carboxylic acids is 1. The molecule has 0 unspecified atom stereocenters. The van der Waals surface area contributed by atoms with Gasteiger partial charge in [0, 0.05) is 46.0 Å². The average molecular weight is 502 g/mol. The molecule has 6 nitrogen and oxygen atoms in total. The lowest BCUT2D eigenvalue weighted by Gasteiger charge is -2.30. The van der Waals surface area contributed by atoms with Crippen molar-refractivity contribution in [1.82, 2.24) is 16.0 Å². The van der Waals surface area contributed by atoms with Crippen molar-refractivity contribution in [3.63, 3.8) is 0 Å². The summed E-state index contributed by atoms with van der Waals surface area (Å²) in [5.74, 6) is 0.722. The van der Waals surface area contributed by atoms with Gasteiger partial charge in [0.15, 0.2) is 5.96 Å². The van der Waals surface area contributed by atoms with Crippen LogP contribution in [0.3, 0.4) is 0 Å². The summed E-state index contributed by atoms with van der Waals surface area (Å²) >= 11 is 0. The summed E-state index contributed by atoms with van der Waals surface area (Å²) in [5, 5.41) is 9.51. The summed E-state index contributed by atoms with van der Waals surface area (Å²) in [7, 11) is 3.43. The molecule has 0 spiro atoms. The number of aliphatic imine (C=N–C) groups is 1. The number of rotatable bonds is 9. The van der Waals surface area contributed by atoms with Crippen molar-refractivity contribution in [3.05, 3.63) is 35.4 Å². The predicted molar refractivity (Wildman–Crippen MR) is 125 cm³/mol. The van der Waals surface area contributed by atoms with Gasteiger partial charge in [-0.25, -0.2) is 0 Å². The van der Waals surface area contributed by atoms with Crippen LogP contribution in [-0.2, 0) is 11.3 Å². The summed E-state index contributed by atoms with van der Waals surface area (Å²) in [4.78, 5) is 16.1. The van der Waals surface area contributed by atoms with Crippen molar-refractivity contribution in [3.8, 4) is 0 Å². The van der Waals surface area contributed by atoms with Gasteiger partial charge in [0.2, 0.25) is 0 Å². The Bertz CT molecular complexity index is 631. The molecular formula is C21H35IN4O2. The molecule has 0 aromatic heterocycles. The van der Waals surface area contributed by atoms with E-state index >= 15 is 0 Å². The van der Waals surface area contributed by atoms with Crippen LogP contribution >= 0.6 is 24.0 Å². The molecule has 28 heavy (non-hydrogen) atoms. The molecule has 0 heterocycles. The first kappa shape index (κ1) is 24.7. The minimum absolute atomic E-state index is 0. The van der Waals surface area contributed by atoms with E-state index < -0.39 is 0 Å². The van der Waals surface area contributed by atoms with Gasteiger partial charge < -0.3 is 20.7 Å². The molecule has 1 aliphatic rings. The second-order valence-electron chi connectivity index (χ2n) is 7.21. The van der Waals surface area contributed by atoms with E-state index in [0.29, 0.717) is 17.5 Å².